The first-order valence-electron chi connectivity index (χ1n) is 8.80. The monoisotopic (exact) mass is 368 g/mol. The Morgan fingerprint density at radius 1 is 1.37 bits per heavy atom. The lowest BCUT2D eigenvalue weighted by Crippen LogP contribution is -2.22. The molecule has 0 radical (unpaired) electrons. The molecule has 1 aliphatic carbocycles. The number of hydrogen-bond acceptors (Lipinski definition) is 5. The van der Waals surface area contributed by atoms with Gasteiger partial charge in [-0.05, 0) is 44.7 Å². The Morgan fingerprint density at radius 2 is 2.15 bits per heavy atom. The molecule has 0 aliphatic heterocycles. The second-order valence-electron chi connectivity index (χ2n) is 7.59. The number of amides is 1. The maximum absolute atomic E-state index is 14.0. The third-order valence-corrected chi connectivity index (χ3v) is 5.11. The first-order valence-corrected chi connectivity index (χ1v) is 8.80. The van der Waals surface area contributed by atoms with Crippen molar-refractivity contribution in [2.45, 2.75) is 32.9 Å². The number of H-pyrrole nitrogens is 1. The van der Waals surface area contributed by atoms with Crippen molar-refractivity contribution in [2.24, 2.45) is 11.8 Å². The molecule has 0 saturated heterocycles. The summed E-state index contributed by atoms with van der Waals surface area (Å²) < 4.78 is 14.0. The number of aromatic amines is 1. The maximum Gasteiger partial charge on any atom is 0.229 e. The van der Waals surface area contributed by atoms with Crippen molar-refractivity contribution < 1.29 is 9.18 Å². The lowest BCUT2D eigenvalue weighted by molar-refractivity contribution is -0.118. The molecule has 0 aromatic carbocycles. The molecule has 3 aromatic heterocycles. The molecule has 7 nitrogen and oxygen atoms in total. The number of anilines is 2. The van der Waals surface area contributed by atoms with E-state index in [1.54, 1.807) is 18.5 Å². The average Bonchev–Trinajstić information content (AvgIpc) is 3.30. The van der Waals surface area contributed by atoms with Crippen molar-refractivity contribution in [3.8, 4) is 11.3 Å². The van der Waals surface area contributed by atoms with Crippen molar-refractivity contribution in [1.29, 1.82) is 0 Å². The third-order valence-electron chi connectivity index (χ3n) is 5.11. The minimum atomic E-state index is -1.35. The zero-order valence-electron chi connectivity index (χ0n) is 15.4. The average molecular weight is 368 g/mol. The van der Waals surface area contributed by atoms with Gasteiger partial charge in [-0.1, -0.05) is 0 Å². The second-order valence-corrected chi connectivity index (χ2v) is 7.59. The number of nitrogens with zero attached hydrogens (tertiary/aromatic N) is 3. The molecule has 140 valence electrons. The van der Waals surface area contributed by atoms with Crippen LogP contribution in [0.25, 0.3) is 22.0 Å². The van der Waals surface area contributed by atoms with Gasteiger partial charge in [0.25, 0.3) is 0 Å². The number of aromatic nitrogens is 4. The number of rotatable bonds is 4. The van der Waals surface area contributed by atoms with Gasteiger partial charge in [-0.25, -0.2) is 14.4 Å². The van der Waals surface area contributed by atoms with Gasteiger partial charge in [-0.15, -0.1) is 0 Å². The van der Waals surface area contributed by atoms with Crippen molar-refractivity contribution in [2.75, 3.05) is 11.1 Å². The number of halogens is 1. The number of alkyl halides is 1. The summed E-state index contributed by atoms with van der Waals surface area (Å²) in [4.78, 5) is 21.0. The van der Waals surface area contributed by atoms with E-state index in [2.05, 4.69) is 25.5 Å². The van der Waals surface area contributed by atoms with Gasteiger partial charge < -0.3 is 11.1 Å². The Labute approximate surface area is 155 Å². The minimum absolute atomic E-state index is 0.203. The number of carbonyl (C=O) groups excluding carboxylic acids is 1. The Balaban J connectivity index is 1.62. The smallest absolute Gasteiger partial charge is 0.229 e. The highest BCUT2D eigenvalue weighted by atomic mass is 19.1. The highest BCUT2D eigenvalue weighted by Gasteiger charge is 2.52. The van der Waals surface area contributed by atoms with Crippen LogP contribution in [0.4, 0.5) is 16.0 Å². The van der Waals surface area contributed by atoms with Gasteiger partial charge in [0.05, 0.1) is 11.9 Å². The van der Waals surface area contributed by atoms with E-state index in [1.165, 1.54) is 13.8 Å². The molecule has 4 rings (SSSR count). The zero-order valence-corrected chi connectivity index (χ0v) is 15.4. The number of nitrogens with two attached hydrogens (primary N) is 1. The zero-order chi connectivity index (χ0) is 19.3. The largest absolute Gasteiger partial charge is 0.383 e. The van der Waals surface area contributed by atoms with Gasteiger partial charge in [-0.2, -0.15) is 5.10 Å². The summed E-state index contributed by atoms with van der Waals surface area (Å²) in [6.45, 7) is 4.92. The SMILES string of the molecule is Cc1[nH]ncc1-c1cc2cc(NC(=O)[C@@H]3C[C@H]3C(C)(C)F)ncc2c(N)n1. The quantitative estimate of drug-likeness (QED) is 0.655. The molecule has 27 heavy (non-hydrogen) atoms. The molecular formula is C19H21FN6O. The number of pyridine rings is 2. The van der Waals surface area contributed by atoms with E-state index in [0.717, 1.165) is 16.6 Å². The fourth-order valence-electron chi connectivity index (χ4n) is 3.45. The molecule has 1 aliphatic rings. The van der Waals surface area contributed by atoms with Crippen LogP contribution in [0.2, 0.25) is 0 Å². The highest BCUT2D eigenvalue weighted by molar-refractivity contribution is 5.98. The summed E-state index contributed by atoms with van der Waals surface area (Å²) in [6.07, 6.45) is 3.84. The van der Waals surface area contributed by atoms with Gasteiger partial charge in [0.1, 0.15) is 17.3 Å². The minimum Gasteiger partial charge on any atom is -0.383 e. The van der Waals surface area contributed by atoms with E-state index >= 15 is 0 Å². The number of aryl methyl sites for hydroxylation is 1. The van der Waals surface area contributed by atoms with E-state index in [1.807, 2.05) is 13.0 Å². The Hall–Kier alpha value is -3.03. The molecule has 4 N–H and O–H groups in total. The van der Waals surface area contributed by atoms with Gasteiger partial charge >= 0.3 is 0 Å². The summed E-state index contributed by atoms with van der Waals surface area (Å²) >= 11 is 0. The number of hydrogen-bond donors (Lipinski definition) is 3. The van der Waals surface area contributed by atoms with Gasteiger partial charge in [0.15, 0.2) is 0 Å². The first kappa shape index (κ1) is 17.4. The standard InChI is InChI=1S/C19H21FN6O/c1-9-12(8-23-26-9)15-4-10-5-16(22-7-13(10)17(21)24-15)25-18(27)11-6-14(11)19(2,3)20/h4-5,7-8,11,14H,6H2,1-3H3,(H2,21,24)(H,23,26)(H,22,25,27)/t11-,14-/m1/s1. The summed E-state index contributed by atoms with van der Waals surface area (Å²) in [6, 6.07) is 3.63. The van der Waals surface area contributed by atoms with Gasteiger partial charge in [-0.3, -0.25) is 9.89 Å². The molecule has 0 unspecified atom stereocenters. The normalized spacial score (nSPS) is 19.3. The molecule has 0 bridgehead atoms. The van der Waals surface area contributed by atoms with Crippen LogP contribution in [-0.4, -0.2) is 31.7 Å². The topological polar surface area (TPSA) is 110 Å². The van der Waals surface area contributed by atoms with Crippen LogP contribution < -0.4 is 11.1 Å². The van der Waals surface area contributed by atoms with Crippen LogP contribution in [0.3, 0.4) is 0 Å². The van der Waals surface area contributed by atoms with Crippen LogP contribution in [0.15, 0.2) is 24.5 Å². The molecular weight excluding hydrogens is 347 g/mol. The van der Waals surface area contributed by atoms with Crippen molar-refractivity contribution in [1.82, 2.24) is 20.2 Å². The first-order chi connectivity index (χ1) is 12.7. The van der Waals surface area contributed by atoms with Crippen LogP contribution in [-0.2, 0) is 4.79 Å². The summed E-state index contributed by atoms with van der Waals surface area (Å²) in [7, 11) is 0. The van der Waals surface area contributed by atoms with E-state index in [9.17, 15) is 9.18 Å². The number of carbonyl (C=O) groups is 1. The molecule has 1 amide bonds. The van der Waals surface area contributed by atoms with Gasteiger partial charge in [0, 0.05) is 34.7 Å². The lowest BCUT2D eigenvalue weighted by Gasteiger charge is -2.13. The summed E-state index contributed by atoms with van der Waals surface area (Å²) in [5, 5.41) is 11.2. The molecule has 8 heteroatoms. The molecule has 1 saturated carbocycles. The number of nitrogen functional groups attached to an aromatic ring is 1. The molecule has 0 spiro atoms. The third kappa shape index (κ3) is 3.22. The van der Waals surface area contributed by atoms with Gasteiger partial charge in [0.2, 0.25) is 5.91 Å². The molecule has 2 atom stereocenters. The van der Waals surface area contributed by atoms with E-state index < -0.39 is 5.67 Å². The van der Waals surface area contributed by atoms with Crippen LogP contribution in [0.1, 0.15) is 26.0 Å². The van der Waals surface area contributed by atoms with Crippen molar-refractivity contribution >= 4 is 28.3 Å². The van der Waals surface area contributed by atoms with E-state index in [4.69, 9.17) is 5.73 Å². The number of fused-ring (bicyclic) bond motifs is 1. The molecule has 3 aromatic rings. The predicted molar refractivity (Wildman–Crippen MR) is 102 cm³/mol. The maximum atomic E-state index is 14.0. The second kappa shape index (κ2) is 6.00. The van der Waals surface area contributed by atoms with E-state index in [0.29, 0.717) is 29.1 Å². The van der Waals surface area contributed by atoms with Crippen LogP contribution in [0.5, 0.6) is 0 Å². The molecule has 1 fully saturated rings. The Morgan fingerprint density at radius 3 is 2.78 bits per heavy atom. The van der Waals surface area contributed by atoms with E-state index in [-0.39, 0.29) is 17.7 Å². The van der Waals surface area contributed by atoms with Crippen LogP contribution >= 0.6 is 0 Å². The Bertz CT molecular complexity index is 1040. The lowest BCUT2D eigenvalue weighted by atomic mass is 10.0. The summed E-state index contributed by atoms with van der Waals surface area (Å²) in [5.41, 5.74) is 7.16. The van der Waals surface area contributed by atoms with Crippen molar-refractivity contribution in [3.63, 3.8) is 0 Å². The fourth-order valence-corrected chi connectivity index (χ4v) is 3.45. The summed E-state index contributed by atoms with van der Waals surface area (Å²) in [5.74, 6) is 0.0123. The highest BCUT2D eigenvalue weighted by Crippen LogP contribution is 2.48. The molecule has 3 heterocycles. The fraction of sp³-hybridized carbons (Fsp3) is 0.368. The predicted octanol–water partition coefficient (Wildman–Crippen LogP) is 3.23. The van der Waals surface area contributed by atoms with Crippen LogP contribution in [0, 0.1) is 18.8 Å². The van der Waals surface area contributed by atoms with Crippen molar-refractivity contribution in [3.05, 3.63) is 30.2 Å². The Kier molecular flexibility index (Phi) is 3.87. The number of nitrogens with one attached hydrogen (secondary N) is 2.